The fraction of sp³-hybridized carbons (Fsp3) is 0.140. The van der Waals surface area contributed by atoms with Gasteiger partial charge in [-0.1, -0.05) is 66.2 Å². The number of hydrogen-bond acceptors (Lipinski definition) is 10. The molecule has 1 fully saturated rings. The summed E-state index contributed by atoms with van der Waals surface area (Å²) in [5, 5.41) is 2.99. The minimum absolute atomic E-state index is 0.0494. The molecule has 6 aromatic rings. The largest absolute Gasteiger partial charge is 0.497 e. The molecule has 1 N–H and O–H groups in total. The SMILES string of the molecule is COc1ccc(NC(=O)c2cn([C@@H]3O[C@H](COC(=O)c4ccccc4)[C@@H](OC(=O)c4ccccc4)[C@H]3OC(=O)c3ccccc3)c3ccc(Cl)cc3c2=O)cc1. The Balaban J connectivity index is 1.33. The summed E-state index contributed by atoms with van der Waals surface area (Å²) in [6.07, 6.45) is -4.09. The highest BCUT2D eigenvalue weighted by molar-refractivity contribution is 6.31. The number of pyridine rings is 1. The van der Waals surface area contributed by atoms with Crippen molar-refractivity contribution in [3.05, 3.63) is 177 Å². The molecule has 2 heterocycles. The number of anilines is 1. The molecule has 56 heavy (non-hydrogen) atoms. The van der Waals surface area contributed by atoms with E-state index in [1.165, 1.54) is 23.9 Å². The lowest BCUT2D eigenvalue weighted by molar-refractivity contribution is -0.0605. The minimum atomic E-state index is -1.42. The van der Waals surface area contributed by atoms with Gasteiger partial charge in [-0.3, -0.25) is 9.59 Å². The molecule has 4 atom stereocenters. The predicted octanol–water partition coefficient (Wildman–Crippen LogP) is 7.12. The Morgan fingerprint density at radius 1 is 0.714 bits per heavy atom. The van der Waals surface area contributed by atoms with Gasteiger partial charge in [0.25, 0.3) is 5.91 Å². The van der Waals surface area contributed by atoms with Crippen molar-refractivity contribution in [2.45, 2.75) is 24.5 Å². The van der Waals surface area contributed by atoms with Crippen LogP contribution in [0.3, 0.4) is 0 Å². The maximum atomic E-state index is 14.0. The van der Waals surface area contributed by atoms with Crippen LogP contribution in [-0.4, -0.2) is 60.4 Å². The second kappa shape index (κ2) is 16.7. The zero-order valence-electron chi connectivity index (χ0n) is 29.7. The van der Waals surface area contributed by atoms with Crippen molar-refractivity contribution in [1.29, 1.82) is 0 Å². The molecule has 7 rings (SSSR count). The fourth-order valence-electron chi connectivity index (χ4n) is 6.25. The molecule has 0 saturated carbocycles. The van der Waals surface area contributed by atoms with E-state index in [1.54, 1.807) is 127 Å². The van der Waals surface area contributed by atoms with Gasteiger partial charge in [0.1, 0.15) is 24.0 Å². The molecule has 1 aliphatic heterocycles. The van der Waals surface area contributed by atoms with Crippen molar-refractivity contribution in [3.8, 4) is 5.75 Å². The summed E-state index contributed by atoms with van der Waals surface area (Å²) in [6.45, 7) is -0.439. The van der Waals surface area contributed by atoms with Gasteiger partial charge in [0.15, 0.2) is 18.4 Å². The van der Waals surface area contributed by atoms with Gasteiger partial charge in [-0.05, 0) is 78.9 Å². The lowest BCUT2D eigenvalue weighted by atomic mass is 10.1. The van der Waals surface area contributed by atoms with E-state index in [4.69, 9.17) is 35.3 Å². The molecule has 0 bridgehead atoms. The number of carbonyl (C=O) groups excluding carboxylic acids is 4. The van der Waals surface area contributed by atoms with Crippen LogP contribution in [0.5, 0.6) is 5.75 Å². The number of fused-ring (bicyclic) bond motifs is 1. The van der Waals surface area contributed by atoms with E-state index in [0.29, 0.717) is 11.4 Å². The first-order valence-corrected chi connectivity index (χ1v) is 17.8. The van der Waals surface area contributed by atoms with Crippen LogP contribution in [0.15, 0.2) is 144 Å². The van der Waals surface area contributed by atoms with Gasteiger partial charge in [0, 0.05) is 22.3 Å². The molecular formula is C43H33ClN2O10. The van der Waals surface area contributed by atoms with Crippen LogP contribution in [0, 0.1) is 0 Å². The zero-order chi connectivity index (χ0) is 39.2. The smallest absolute Gasteiger partial charge is 0.338 e. The molecule has 1 saturated heterocycles. The Labute approximate surface area is 325 Å². The lowest BCUT2D eigenvalue weighted by Crippen LogP contribution is -2.41. The third-order valence-corrected chi connectivity index (χ3v) is 9.27. The van der Waals surface area contributed by atoms with E-state index in [-0.39, 0.29) is 38.2 Å². The van der Waals surface area contributed by atoms with Crippen LogP contribution >= 0.6 is 11.6 Å². The van der Waals surface area contributed by atoms with Crippen LogP contribution in [0.1, 0.15) is 47.7 Å². The van der Waals surface area contributed by atoms with Crippen LogP contribution in [0.2, 0.25) is 5.02 Å². The van der Waals surface area contributed by atoms with Gasteiger partial charge in [-0.25, -0.2) is 14.4 Å². The quantitative estimate of drug-likeness (QED) is 0.107. The number of methoxy groups -OCH3 is 1. The summed E-state index contributed by atoms with van der Waals surface area (Å²) in [4.78, 5) is 68.3. The molecule has 0 aliphatic carbocycles. The number of esters is 3. The monoisotopic (exact) mass is 772 g/mol. The summed E-state index contributed by atoms with van der Waals surface area (Å²) in [6, 6.07) is 35.6. The number of nitrogens with one attached hydrogen (secondary N) is 1. The number of amides is 1. The maximum absolute atomic E-state index is 14.0. The third kappa shape index (κ3) is 8.16. The molecule has 5 aromatic carbocycles. The molecule has 12 nitrogen and oxygen atoms in total. The van der Waals surface area contributed by atoms with E-state index in [0.717, 1.165) is 0 Å². The first-order chi connectivity index (χ1) is 27.2. The number of nitrogens with zero attached hydrogens (tertiary/aromatic N) is 1. The number of benzene rings is 5. The number of hydrogen-bond donors (Lipinski definition) is 1. The van der Waals surface area contributed by atoms with Crippen molar-refractivity contribution in [2.24, 2.45) is 0 Å². The summed E-state index contributed by atoms with van der Waals surface area (Å²) in [7, 11) is 1.51. The highest BCUT2D eigenvalue weighted by atomic mass is 35.5. The highest BCUT2D eigenvalue weighted by Crippen LogP contribution is 2.37. The lowest BCUT2D eigenvalue weighted by Gasteiger charge is -2.26. The van der Waals surface area contributed by atoms with Gasteiger partial charge in [-0.15, -0.1) is 0 Å². The van der Waals surface area contributed by atoms with Gasteiger partial charge < -0.3 is 33.6 Å². The van der Waals surface area contributed by atoms with Crippen LogP contribution in [-0.2, 0) is 18.9 Å². The second-order valence-corrected chi connectivity index (χ2v) is 13.1. The number of ether oxygens (including phenoxy) is 5. The summed E-state index contributed by atoms with van der Waals surface area (Å²) in [5.74, 6) is -2.42. The van der Waals surface area contributed by atoms with Gasteiger partial charge >= 0.3 is 17.9 Å². The predicted molar refractivity (Wildman–Crippen MR) is 206 cm³/mol. The molecule has 282 valence electrons. The Kier molecular flexibility index (Phi) is 11.2. The molecule has 1 aliphatic rings. The Bertz CT molecular complexity index is 2440. The fourth-order valence-corrected chi connectivity index (χ4v) is 6.43. The first-order valence-electron chi connectivity index (χ1n) is 17.4. The summed E-state index contributed by atoms with van der Waals surface area (Å²) < 4.78 is 31.1. The number of carbonyl (C=O) groups is 4. The molecule has 13 heteroatoms. The summed E-state index contributed by atoms with van der Waals surface area (Å²) >= 11 is 6.37. The third-order valence-electron chi connectivity index (χ3n) is 9.04. The zero-order valence-corrected chi connectivity index (χ0v) is 30.5. The molecule has 1 aromatic heterocycles. The average Bonchev–Trinajstić information content (AvgIpc) is 3.56. The standard InChI is InChI=1S/C43H33ClN2O10/c1-52-31-20-18-30(19-21-31)45-39(48)33-24-46(34-22-17-29(44)23-32(34)36(33)47)40-38(56-43(51)28-15-9-4-10-16-28)37(55-42(50)27-13-7-3-8-14-27)35(54-40)25-53-41(49)26-11-5-2-6-12-26/h2-24,35,37-38,40H,25H2,1H3,(H,45,48)/t35-,37-,38-,40-/m1/s1. The van der Waals surface area contributed by atoms with E-state index >= 15 is 0 Å². The summed E-state index contributed by atoms with van der Waals surface area (Å²) in [5.41, 5.74) is 0.349. The Morgan fingerprint density at radius 3 is 1.84 bits per heavy atom. The van der Waals surface area contributed by atoms with E-state index < -0.39 is 60.4 Å². The molecule has 0 unspecified atom stereocenters. The van der Waals surface area contributed by atoms with Gasteiger partial charge in [0.2, 0.25) is 5.43 Å². The molecule has 1 amide bonds. The van der Waals surface area contributed by atoms with Crippen molar-refractivity contribution in [1.82, 2.24) is 4.57 Å². The Hall–Kier alpha value is -6.76. The molecule has 0 radical (unpaired) electrons. The van der Waals surface area contributed by atoms with E-state index in [9.17, 15) is 24.0 Å². The van der Waals surface area contributed by atoms with Crippen molar-refractivity contribution < 1.29 is 42.9 Å². The first kappa shape index (κ1) is 37.6. The second-order valence-electron chi connectivity index (χ2n) is 12.6. The minimum Gasteiger partial charge on any atom is -0.497 e. The number of rotatable bonds is 11. The van der Waals surface area contributed by atoms with Crippen LogP contribution < -0.4 is 15.5 Å². The molecule has 0 spiro atoms. The number of halogens is 1. The maximum Gasteiger partial charge on any atom is 0.338 e. The van der Waals surface area contributed by atoms with Gasteiger partial charge in [-0.2, -0.15) is 0 Å². The number of aromatic nitrogens is 1. The topological polar surface area (TPSA) is 148 Å². The van der Waals surface area contributed by atoms with Crippen LogP contribution in [0.4, 0.5) is 5.69 Å². The molecular weight excluding hydrogens is 740 g/mol. The average molecular weight is 773 g/mol. The highest BCUT2D eigenvalue weighted by Gasteiger charge is 2.51. The van der Waals surface area contributed by atoms with Crippen LogP contribution in [0.25, 0.3) is 10.9 Å². The van der Waals surface area contributed by atoms with E-state index in [2.05, 4.69) is 5.32 Å². The van der Waals surface area contributed by atoms with Crippen molar-refractivity contribution >= 4 is 52.0 Å². The van der Waals surface area contributed by atoms with E-state index in [1.807, 2.05) is 0 Å². The Morgan fingerprint density at radius 2 is 1.27 bits per heavy atom. The normalized spacial score (nSPS) is 17.5. The van der Waals surface area contributed by atoms with Crippen molar-refractivity contribution in [2.75, 3.05) is 19.0 Å². The van der Waals surface area contributed by atoms with Gasteiger partial charge in [0.05, 0.1) is 29.3 Å². The van der Waals surface area contributed by atoms with Crippen molar-refractivity contribution in [3.63, 3.8) is 0 Å².